The van der Waals surface area contributed by atoms with Crippen molar-refractivity contribution in [3.8, 4) is 0 Å². The van der Waals surface area contributed by atoms with Gasteiger partial charge in [-0.15, -0.1) is 0 Å². The van der Waals surface area contributed by atoms with Gasteiger partial charge in [0.2, 0.25) is 0 Å². The van der Waals surface area contributed by atoms with E-state index in [4.69, 9.17) is 9.47 Å². The Kier molecular flexibility index (Phi) is 4.39. The molecule has 14 heavy (non-hydrogen) atoms. The Balaban J connectivity index is 1.96. The minimum absolute atomic E-state index is 0.410. The molecule has 1 aliphatic rings. The van der Waals surface area contributed by atoms with E-state index in [-0.39, 0.29) is 0 Å². The largest absolute Gasteiger partial charge is 0.379 e. The number of hydrogen-bond donors (Lipinski definition) is 0. The van der Waals surface area contributed by atoms with Gasteiger partial charge in [-0.05, 0) is 24.2 Å². The molecule has 84 valence electrons. The van der Waals surface area contributed by atoms with Crippen molar-refractivity contribution in [1.82, 2.24) is 0 Å². The molecule has 1 aliphatic heterocycles. The van der Waals surface area contributed by atoms with Gasteiger partial charge in [0.1, 0.15) is 6.10 Å². The molecule has 0 saturated carbocycles. The number of rotatable bonds is 7. The van der Waals surface area contributed by atoms with Crippen molar-refractivity contribution in [3.63, 3.8) is 0 Å². The van der Waals surface area contributed by atoms with Crippen molar-refractivity contribution in [2.24, 2.45) is 11.3 Å². The first-order valence-corrected chi connectivity index (χ1v) is 5.72. The van der Waals surface area contributed by atoms with Gasteiger partial charge in [-0.2, -0.15) is 0 Å². The number of ether oxygens (including phenoxy) is 2. The van der Waals surface area contributed by atoms with Crippen molar-refractivity contribution in [2.75, 3.05) is 19.8 Å². The molecule has 2 nitrogen and oxygen atoms in total. The lowest BCUT2D eigenvalue weighted by Crippen LogP contribution is -2.19. The maximum Gasteiger partial charge on any atom is 0.104 e. The van der Waals surface area contributed by atoms with Gasteiger partial charge in [-0.3, -0.25) is 0 Å². The fourth-order valence-electron chi connectivity index (χ4n) is 1.30. The first-order valence-electron chi connectivity index (χ1n) is 5.72. The molecule has 0 bridgehead atoms. The average molecular weight is 200 g/mol. The van der Waals surface area contributed by atoms with E-state index in [1.54, 1.807) is 0 Å². The molecule has 0 aromatic carbocycles. The van der Waals surface area contributed by atoms with Crippen molar-refractivity contribution < 1.29 is 9.47 Å². The maximum atomic E-state index is 5.51. The van der Waals surface area contributed by atoms with E-state index < -0.39 is 0 Å². The quantitative estimate of drug-likeness (QED) is 0.465. The molecule has 0 N–H and O–H groups in total. The zero-order chi connectivity index (χ0) is 10.6. The standard InChI is InChI=1S/C12H24O2/c1-10(2)12(3,4)6-5-7-13-8-11-9-14-11/h10-11H,5-9H2,1-4H3. The molecule has 1 unspecified atom stereocenters. The summed E-state index contributed by atoms with van der Waals surface area (Å²) < 4.78 is 10.6. The molecule has 0 aromatic rings. The van der Waals surface area contributed by atoms with Crippen LogP contribution in [0.4, 0.5) is 0 Å². The van der Waals surface area contributed by atoms with E-state index in [0.29, 0.717) is 11.5 Å². The molecule has 0 amide bonds. The topological polar surface area (TPSA) is 21.8 Å². The first kappa shape index (κ1) is 12.0. The summed E-state index contributed by atoms with van der Waals surface area (Å²) in [5.74, 6) is 0.745. The van der Waals surface area contributed by atoms with Crippen LogP contribution in [-0.4, -0.2) is 25.9 Å². The summed E-state index contributed by atoms with van der Waals surface area (Å²) in [6, 6.07) is 0. The molecule has 0 radical (unpaired) electrons. The Morgan fingerprint density at radius 1 is 1.43 bits per heavy atom. The number of epoxide rings is 1. The van der Waals surface area contributed by atoms with Gasteiger partial charge in [0, 0.05) is 6.61 Å². The lowest BCUT2D eigenvalue weighted by molar-refractivity contribution is 0.0995. The maximum absolute atomic E-state index is 5.51. The van der Waals surface area contributed by atoms with Gasteiger partial charge in [0.25, 0.3) is 0 Å². The van der Waals surface area contributed by atoms with E-state index in [2.05, 4.69) is 27.7 Å². The predicted octanol–water partition coefficient (Wildman–Crippen LogP) is 2.86. The van der Waals surface area contributed by atoms with Crippen LogP contribution in [0, 0.1) is 11.3 Å². The highest BCUT2D eigenvalue weighted by molar-refractivity contribution is 4.72. The fourth-order valence-corrected chi connectivity index (χ4v) is 1.30. The third-order valence-electron chi connectivity index (χ3n) is 3.38. The minimum atomic E-state index is 0.410. The van der Waals surface area contributed by atoms with Gasteiger partial charge in [-0.1, -0.05) is 27.7 Å². The molecule has 1 heterocycles. The molecule has 0 spiro atoms. The monoisotopic (exact) mass is 200 g/mol. The Labute approximate surface area is 88.0 Å². The van der Waals surface area contributed by atoms with Crippen LogP contribution >= 0.6 is 0 Å². The molecular weight excluding hydrogens is 176 g/mol. The summed E-state index contributed by atoms with van der Waals surface area (Å²) in [7, 11) is 0. The molecule has 0 aliphatic carbocycles. The van der Waals surface area contributed by atoms with Crippen LogP contribution in [0.5, 0.6) is 0 Å². The molecule has 1 rings (SSSR count). The van der Waals surface area contributed by atoms with Crippen LogP contribution in [0.1, 0.15) is 40.5 Å². The molecule has 2 heteroatoms. The van der Waals surface area contributed by atoms with Crippen LogP contribution in [0.25, 0.3) is 0 Å². The average Bonchev–Trinajstić information content (AvgIpc) is 2.87. The summed E-state index contributed by atoms with van der Waals surface area (Å²) in [5, 5.41) is 0. The van der Waals surface area contributed by atoms with Gasteiger partial charge < -0.3 is 9.47 Å². The highest BCUT2D eigenvalue weighted by Crippen LogP contribution is 2.31. The normalized spacial score (nSPS) is 21.6. The Bertz CT molecular complexity index is 160. The van der Waals surface area contributed by atoms with Crippen molar-refractivity contribution >= 4 is 0 Å². The minimum Gasteiger partial charge on any atom is -0.379 e. The van der Waals surface area contributed by atoms with Crippen LogP contribution in [0.15, 0.2) is 0 Å². The second-order valence-electron chi connectivity index (χ2n) is 5.28. The third-order valence-corrected chi connectivity index (χ3v) is 3.38. The van der Waals surface area contributed by atoms with Gasteiger partial charge >= 0.3 is 0 Å². The van der Waals surface area contributed by atoms with Crippen LogP contribution in [0.2, 0.25) is 0 Å². The van der Waals surface area contributed by atoms with Crippen LogP contribution in [-0.2, 0) is 9.47 Å². The van der Waals surface area contributed by atoms with Crippen molar-refractivity contribution in [1.29, 1.82) is 0 Å². The smallest absolute Gasteiger partial charge is 0.104 e. The molecule has 0 aromatic heterocycles. The fraction of sp³-hybridized carbons (Fsp3) is 1.00. The number of hydrogen-bond acceptors (Lipinski definition) is 2. The highest BCUT2D eigenvalue weighted by atomic mass is 16.6. The molecule has 1 fully saturated rings. The summed E-state index contributed by atoms with van der Waals surface area (Å²) in [5.41, 5.74) is 0.444. The second kappa shape index (κ2) is 5.13. The molecule has 1 atom stereocenters. The van der Waals surface area contributed by atoms with Crippen LogP contribution < -0.4 is 0 Å². The van der Waals surface area contributed by atoms with Gasteiger partial charge in [-0.25, -0.2) is 0 Å². The van der Waals surface area contributed by atoms with E-state index >= 15 is 0 Å². The van der Waals surface area contributed by atoms with Crippen molar-refractivity contribution in [3.05, 3.63) is 0 Å². The Morgan fingerprint density at radius 2 is 2.07 bits per heavy atom. The zero-order valence-electron chi connectivity index (χ0n) is 10.0. The predicted molar refractivity (Wildman–Crippen MR) is 58.4 cm³/mol. The molecular formula is C12H24O2. The highest BCUT2D eigenvalue weighted by Gasteiger charge is 2.23. The van der Waals surface area contributed by atoms with E-state index in [9.17, 15) is 0 Å². The summed E-state index contributed by atoms with van der Waals surface area (Å²) in [4.78, 5) is 0. The van der Waals surface area contributed by atoms with E-state index in [1.165, 1.54) is 6.42 Å². The SMILES string of the molecule is CC(C)C(C)(C)CCCOCC1CO1. The summed E-state index contributed by atoms with van der Waals surface area (Å²) in [6.45, 7) is 11.8. The molecule has 1 saturated heterocycles. The van der Waals surface area contributed by atoms with Gasteiger partial charge in [0.15, 0.2) is 0 Å². The lowest BCUT2D eigenvalue weighted by Gasteiger charge is -2.29. The van der Waals surface area contributed by atoms with Crippen molar-refractivity contribution in [2.45, 2.75) is 46.6 Å². The van der Waals surface area contributed by atoms with E-state index in [1.807, 2.05) is 0 Å². The first-order chi connectivity index (χ1) is 6.52. The summed E-state index contributed by atoms with van der Waals surface area (Å²) in [6.07, 6.45) is 2.82. The Hall–Kier alpha value is -0.0800. The second-order valence-corrected chi connectivity index (χ2v) is 5.28. The van der Waals surface area contributed by atoms with E-state index in [0.717, 1.165) is 32.2 Å². The van der Waals surface area contributed by atoms with Crippen LogP contribution in [0.3, 0.4) is 0 Å². The third kappa shape index (κ3) is 4.43. The lowest BCUT2D eigenvalue weighted by atomic mass is 9.77. The summed E-state index contributed by atoms with van der Waals surface area (Å²) >= 11 is 0. The van der Waals surface area contributed by atoms with Gasteiger partial charge in [0.05, 0.1) is 13.2 Å². The zero-order valence-corrected chi connectivity index (χ0v) is 10.0. The Morgan fingerprint density at radius 3 is 2.57 bits per heavy atom.